The van der Waals surface area contributed by atoms with Crippen LogP contribution in [0.1, 0.15) is 12.5 Å². The molecule has 0 aliphatic rings. The fraction of sp³-hybridized carbons (Fsp3) is 0.167. The van der Waals surface area contributed by atoms with Gasteiger partial charge in [0.25, 0.3) is 0 Å². The number of benzene rings is 2. The molecule has 3 rings (SSSR count). The highest BCUT2D eigenvalue weighted by Crippen LogP contribution is 2.29. The molecule has 0 atom stereocenters. The van der Waals surface area contributed by atoms with E-state index in [1.165, 1.54) is 27.5 Å². The molecule has 2 heteroatoms. The molecule has 20 heavy (non-hydrogen) atoms. The van der Waals surface area contributed by atoms with Crippen LogP contribution >= 0.6 is 0 Å². The van der Waals surface area contributed by atoms with Crippen LogP contribution < -0.4 is 5.32 Å². The van der Waals surface area contributed by atoms with Crippen LogP contribution in [0.3, 0.4) is 0 Å². The number of hydrogen-bond acceptors (Lipinski definition) is 2. The summed E-state index contributed by atoms with van der Waals surface area (Å²) in [6, 6.07) is 16.9. The summed E-state index contributed by atoms with van der Waals surface area (Å²) >= 11 is 0. The van der Waals surface area contributed by atoms with Crippen molar-refractivity contribution in [3.05, 3.63) is 66.5 Å². The highest BCUT2D eigenvalue weighted by atomic mass is 14.8. The van der Waals surface area contributed by atoms with Gasteiger partial charge in [0.2, 0.25) is 0 Å². The average Bonchev–Trinajstić information content (AvgIpc) is 2.53. The van der Waals surface area contributed by atoms with Crippen molar-refractivity contribution in [2.45, 2.75) is 13.5 Å². The molecule has 1 N–H and O–H groups in total. The molecule has 0 radical (unpaired) electrons. The lowest BCUT2D eigenvalue weighted by Gasteiger charge is -2.12. The molecule has 0 saturated heterocycles. The molecule has 2 nitrogen and oxygen atoms in total. The summed E-state index contributed by atoms with van der Waals surface area (Å²) in [7, 11) is 0. The minimum absolute atomic E-state index is 0.885. The van der Waals surface area contributed by atoms with Crippen molar-refractivity contribution in [3.8, 4) is 11.1 Å². The topological polar surface area (TPSA) is 24.9 Å². The number of pyridine rings is 1. The number of nitrogens with zero attached hydrogens (tertiary/aromatic N) is 1. The minimum Gasteiger partial charge on any atom is -0.313 e. The molecule has 0 saturated carbocycles. The maximum absolute atomic E-state index is 4.39. The average molecular weight is 262 g/mol. The fourth-order valence-electron chi connectivity index (χ4n) is 2.53. The minimum atomic E-state index is 0.885. The molecule has 0 bridgehead atoms. The first kappa shape index (κ1) is 12.8. The molecule has 1 aromatic heterocycles. The highest BCUT2D eigenvalue weighted by molar-refractivity contribution is 5.96. The first-order valence-electron chi connectivity index (χ1n) is 7.02. The number of nitrogens with one attached hydrogen (secondary N) is 1. The number of hydrogen-bond donors (Lipinski definition) is 1. The van der Waals surface area contributed by atoms with E-state index in [4.69, 9.17) is 0 Å². The SMILES string of the molecule is CCNCc1ccccc1-c1cncc2ccccc12. The Morgan fingerprint density at radius 1 is 0.900 bits per heavy atom. The third-order valence-corrected chi connectivity index (χ3v) is 3.54. The maximum Gasteiger partial charge on any atom is 0.0352 e. The first-order valence-corrected chi connectivity index (χ1v) is 7.02. The van der Waals surface area contributed by atoms with Gasteiger partial charge in [-0.15, -0.1) is 0 Å². The number of fused-ring (bicyclic) bond motifs is 1. The van der Waals surface area contributed by atoms with Gasteiger partial charge in [0.15, 0.2) is 0 Å². The predicted molar refractivity (Wildman–Crippen MR) is 84.6 cm³/mol. The smallest absolute Gasteiger partial charge is 0.0352 e. The van der Waals surface area contributed by atoms with Crippen LogP contribution in [0, 0.1) is 0 Å². The summed E-state index contributed by atoms with van der Waals surface area (Å²) in [5.74, 6) is 0. The van der Waals surface area contributed by atoms with Gasteiger partial charge in [0.05, 0.1) is 0 Å². The first-order chi connectivity index (χ1) is 9.90. The van der Waals surface area contributed by atoms with Crippen molar-refractivity contribution in [2.24, 2.45) is 0 Å². The molecular formula is C18H18N2. The second kappa shape index (κ2) is 5.85. The second-order valence-electron chi connectivity index (χ2n) is 4.85. The third-order valence-electron chi connectivity index (χ3n) is 3.54. The van der Waals surface area contributed by atoms with Crippen molar-refractivity contribution < 1.29 is 0 Å². The normalized spacial score (nSPS) is 10.8. The summed E-state index contributed by atoms with van der Waals surface area (Å²) in [5.41, 5.74) is 3.78. The molecule has 0 unspecified atom stereocenters. The Bertz CT molecular complexity index is 714. The molecule has 0 aliphatic carbocycles. The molecule has 100 valence electrons. The zero-order chi connectivity index (χ0) is 13.8. The van der Waals surface area contributed by atoms with Crippen molar-refractivity contribution in [3.63, 3.8) is 0 Å². The van der Waals surface area contributed by atoms with Gasteiger partial charge in [0, 0.05) is 29.9 Å². The number of rotatable bonds is 4. The standard InChI is InChI=1S/C18H18N2/c1-2-19-11-14-7-3-5-9-16(14)18-13-20-12-15-8-4-6-10-17(15)18/h3-10,12-13,19H,2,11H2,1H3. The quantitative estimate of drug-likeness (QED) is 0.768. The van der Waals surface area contributed by atoms with Crippen molar-refractivity contribution in [1.29, 1.82) is 0 Å². The van der Waals surface area contributed by atoms with E-state index in [0.717, 1.165) is 13.1 Å². The summed E-state index contributed by atoms with van der Waals surface area (Å²) < 4.78 is 0. The van der Waals surface area contributed by atoms with Crippen LogP contribution in [0.2, 0.25) is 0 Å². The molecule has 0 fully saturated rings. The zero-order valence-corrected chi connectivity index (χ0v) is 11.6. The molecule has 0 amide bonds. The van der Waals surface area contributed by atoms with E-state index < -0.39 is 0 Å². The van der Waals surface area contributed by atoms with Gasteiger partial charge in [-0.1, -0.05) is 55.5 Å². The van der Waals surface area contributed by atoms with Gasteiger partial charge in [0.1, 0.15) is 0 Å². The molecule has 1 heterocycles. The van der Waals surface area contributed by atoms with Gasteiger partial charge >= 0.3 is 0 Å². The van der Waals surface area contributed by atoms with E-state index in [0.29, 0.717) is 0 Å². The maximum atomic E-state index is 4.39. The van der Waals surface area contributed by atoms with Crippen LogP contribution in [0.15, 0.2) is 60.9 Å². The van der Waals surface area contributed by atoms with Gasteiger partial charge < -0.3 is 5.32 Å². The number of aromatic nitrogens is 1. The van der Waals surface area contributed by atoms with Gasteiger partial charge in [-0.05, 0) is 23.1 Å². The van der Waals surface area contributed by atoms with Crippen LogP contribution in [-0.2, 0) is 6.54 Å². The van der Waals surface area contributed by atoms with Crippen molar-refractivity contribution in [1.82, 2.24) is 10.3 Å². The molecule has 0 spiro atoms. The molecule has 2 aromatic carbocycles. The van der Waals surface area contributed by atoms with Crippen LogP contribution in [0.5, 0.6) is 0 Å². The lowest BCUT2D eigenvalue weighted by atomic mass is 9.96. The van der Waals surface area contributed by atoms with E-state index in [9.17, 15) is 0 Å². The largest absolute Gasteiger partial charge is 0.313 e. The van der Waals surface area contributed by atoms with E-state index in [1.807, 2.05) is 12.4 Å². The van der Waals surface area contributed by atoms with Crippen LogP contribution in [-0.4, -0.2) is 11.5 Å². The van der Waals surface area contributed by atoms with E-state index >= 15 is 0 Å². The predicted octanol–water partition coefficient (Wildman–Crippen LogP) is 4.01. The Balaban J connectivity index is 2.16. The van der Waals surface area contributed by atoms with E-state index in [2.05, 4.69) is 65.8 Å². The Labute approximate surface area is 119 Å². The lowest BCUT2D eigenvalue weighted by molar-refractivity contribution is 0.728. The Morgan fingerprint density at radius 3 is 2.60 bits per heavy atom. The molecule has 0 aliphatic heterocycles. The summed E-state index contributed by atoms with van der Waals surface area (Å²) in [4.78, 5) is 4.39. The van der Waals surface area contributed by atoms with Crippen LogP contribution in [0.25, 0.3) is 21.9 Å². The lowest BCUT2D eigenvalue weighted by Crippen LogP contribution is -2.12. The zero-order valence-electron chi connectivity index (χ0n) is 11.6. The molecular weight excluding hydrogens is 244 g/mol. The Morgan fingerprint density at radius 2 is 1.70 bits per heavy atom. The second-order valence-corrected chi connectivity index (χ2v) is 4.85. The van der Waals surface area contributed by atoms with E-state index in [-0.39, 0.29) is 0 Å². The fourth-order valence-corrected chi connectivity index (χ4v) is 2.53. The van der Waals surface area contributed by atoms with Crippen molar-refractivity contribution in [2.75, 3.05) is 6.54 Å². The Hall–Kier alpha value is -2.19. The van der Waals surface area contributed by atoms with Crippen LogP contribution in [0.4, 0.5) is 0 Å². The van der Waals surface area contributed by atoms with E-state index in [1.54, 1.807) is 0 Å². The van der Waals surface area contributed by atoms with Gasteiger partial charge in [-0.3, -0.25) is 4.98 Å². The summed E-state index contributed by atoms with van der Waals surface area (Å²) in [5, 5.41) is 5.84. The van der Waals surface area contributed by atoms with Gasteiger partial charge in [-0.25, -0.2) is 0 Å². The molecule has 3 aromatic rings. The summed E-state index contributed by atoms with van der Waals surface area (Å²) in [6.07, 6.45) is 3.89. The van der Waals surface area contributed by atoms with Gasteiger partial charge in [-0.2, -0.15) is 0 Å². The Kier molecular flexibility index (Phi) is 3.75. The third kappa shape index (κ3) is 2.43. The van der Waals surface area contributed by atoms with Crippen molar-refractivity contribution >= 4 is 10.8 Å². The monoisotopic (exact) mass is 262 g/mol. The highest BCUT2D eigenvalue weighted by Gasteiger charge is 2.08. The summed E-state index contributed by atoms with van der Waals surface area (Å²) in [6.45, 7) is 3.99.